The molecule has 0 unspecified atom stereocenters. The number of halogens is 1. The van der Waals surface area contributed by atoms with Crippen molar-refractivity contribution in [2.24, 2.45) is 5.10 Å². The minimum atomic E-state index is -0.311. The summed E-state index contributed by atoms with van der Waals surface area (Å²) in [6.07, 6.45) is 5.62. The van der Waals surface area contributed by atoms with Crippen LogP contribution in [0.25, 0.3) is 0 Å². The van der Waals surface area contributed by atoms with Crippen LogP contribution in [0.15, 0.2) is 70.6 Å². The Balaban J connectivity index is 1.62. The number of furan rings is 1. The van der Waals surface area contributed by atoms with E-state index in [9.17, 15) is 0 Å². The highest BCUT2D eigenvalue weighted by Crippen LogP contribution is 2.48. The molecule has 5 nitrogen and oxygen atoms in total. The summed E-state index contributed by atoms with van der Waals surface area (Å²) in [5, 5.41) is 7.49. The second-order valence-electron chi connectivity index (χ2n) is 6.06. The fourth-order valence-corrected chi connectivity index (χ4v) is 3.58. The van der Waals surface area contributed by atoms with Crippen molar-refractivity contribution in [3.05, 3.63) is 83.0 Å². The van der Waals surface area contributed by atoms with Gasteiger partial charge in [-0.15, -0.1) is 0 Å². The third-order valence-electron chi connectivity index (χ3n) is 4.55. The second kappa shape index (κ2) is 5.63. The van der Waals surface area contributed by atoms with Crippen LogP contribution in [0.1, 0.15) is 35.6 Å². The Kier molecular flexibility index (Phi) is 3.28. The molecule has 2 aliphatic heterocycles. The molecule has 6 heteroatoms. The van der Waals surface area contributed by atoms with Crippen LogP contribution in [-0.2, 0) is 0 Å². The lowest BCUT2D eigenvalue weighted by Crippen LogP contribution is -2.33. The van der Waals surface area contributed by atoms with E-state index in [1.165, 1.54) is 0 Å². The average Bonchev–Trinajstić information content (AvgIpc) is 3.31. The Morgan fingerprint density at radius 1 is 1.12 bits per heavy atom. The van der Waals surface area contributed by atoms with Crippen LogP contribution in [0, 0.1) is 0 Å². The molecule has 0 saturated carbocycles. The Bertz CT molecular complexity index is 941. The zero-order valence-corrected chi connectivity index (χ0v) is 13.9. The molecule has 0 radical (unpaired) electrons. The number of hydrogen-bond donors (Lipinski definition) is 0. The monoisotopic (exact) mass is 351 g/mol. The lowest BCUT2D eigenvalue weighted by atomic mass is 9.97. The van der Waals surface area contributed by atoms with Gasteiger partial charge in [-0.25, -0.2) is 5.01 Å². The van der Waals surface area contributed by atoms with Crippen LogP contribution in [0.5, 0.6) is 5.75 Å². The number of ether oxygens (including phenoxy) is 1. The van der Waals surface area contributed by atoms with Crippen molar-refractivity contribution in [3.8, 4) is 5.75 Å². The van der Waals surface area contributed by atoms with Crippen LogP contribution in [-0.4, -0.2) is 15.7 Å². The van der Waals surface area contributed by atoms with Gasteiger partial charge >= 0.3 is 0 Å². The Labute approximate surface area is 149 Å². The van der Waals surface area contributed by atoms with Crippen LogP contribution >= 0.6 is 11.6 Å². The van der Waals surface area contributed by atoms with Gasteiger partial charge in [-0.3, -0.25) is 4.98 Å². The molecule has 0 fully saturated rings. The number of benzene rings is 1. The number of nitrogens with zero attached hydrogens (tertiary/aromatic N) is 3. The summed E-state index contributed by atoms with van der Waals surface area (Å²) in [6, 6.07) is 13.5. The first kappa shape index (κ1) is 14.5. The molecule has 0 aliphatic carbocycles. The number of aromatic nitrogens is 1. The predicted molar refractivity (Wildman–Crippen MR) is 93.5 cm³/mol. The smallest absolute Gasteiger partial charge is 0.213 e. The van der Waals surface area contributed by atoms with E-state index < -0.39 is 0 Å². The van der Waals surface area contributed by atoms with Crippen LogP contribution in [0.3, 0.4) is 0 Å². The highest BCUT2D eigenvalue weighted by Gasteiger charge is 2.41. The van der Waals surface area contributed by atoms with Crippen LogP contribution in [0.4, 0.5) is 0 Å². The van der Waals surface area contributed by atoms with Crippen molar-refractivity contribution in [1.82, 2.24) is 9.99 Å². The average molecular weight is 352 g/mol. The van der Waals surface area contributed by atoms with E-state index in [1.54, 1.807) is 18.7 Å². The topological polar surface area (TPSA) is 50.9 Å². The molecule has 25 heavy (non-hydrogen) atoms. The van der Waals surface area contributed by atoms with Crippen molar-refractivity contribution in [2.75, 3.05) is 0 Å². The van der Waals surface area contributed by atoms with E-state index in [2.05, 4.69) is 4.98 Å². The summed E-state index contributed by atoms with van der Waals surface area (Å²) in [6.45, 7) is 0. The number of hydrazone groups is 1. The summed E-state index contributed by atoms with van der Waals surface area (Å²) >= 11 is 6.22. The van der Waals surface area contributed by atoms with E-state index in [-0.39, 0.29) is 12.3 Å². The third-order valence-corrected chi connectivity index (χ3v) is 4.78. The number of rotatable bonds is 2. The van der Waals surface area contributed by atoms with E-state index in [4.69, 9.17) is 25.9 Å². The maximum atomic E-state index is 6.25. The first-order valence-electron chi connectivity index (χ1n) is 8.05. The molecular weight excluding hydrogens is 338 g/mol. The van der Waals surface area contributed by atoms with Crippen molar-refractivity contribution in [2.45, 2.75) is 18.7 Å². The van der Waals surface area contributed by atoms with E-state index in [0.717, 1.165) is 34.8 Å². The fourth-order valence-electron chi connectivity index (χ4n) is 3.40. The summed E-state index contributed by atoms with van der Waals surface area (Å²) < 4.78 is 11.8. The number of pyridine rings is 1. The Hall–Kier alpha value is -2.79. The second-order valence-corrected chi connectivity index (χ2v) is 6.49. The molecule has 2 aromatic heterocycles. The molecule has 4 heterocycles. The first-order chi connectivity index (χ1) is 12.3. The molecule has 0 amide bonds. The van der Waals surface area contributed by atoms with E-state index in [0.29, 0.717) is 5.02 Å². The van der Waals surface area contributed by atoms with Gasteiger partial charge in [-0.05, 0) is 42.5 Å². The van der Waals surface area contributed by atoms with Gasteiger partial charge in [0.2, 0.25) is 6.23 Å². The van der Waals surface area contributed by atoms with Crippen LogP contribution < -0.4 is 4.74 Å². The zero-order chi connectivity index (χ0) is 16.8. The van der Waals surface area contributed by atoms with E-state index in [1.807, 2.05) is 47.5 Å². The highest BCUT2D eigenvalue weighted by atomic mass is 35.5. The minimum Gasteiger partial charge on any atom is -0.464 e. The van der Waals surface area contributed by atoms with Gasteiger partial charge in [0.1, 0.15) is 17.2 Å². The Morgan fingerprint density at radius 3 is 2.80 bits per heavy atom. The molecule has 3 aromatic rings. The standard InChI is InChI=1S/C19H14ClN3O2/c20-13-3-4-17-14(10-13)16-11-15(18-2-1-9-24-18)22-23(16)19(25-17)12-5-7-21-8-6-12/h1-10,16,19H,11H2/t16-,19-/m0/s1. The molecule has 0 N–H and O–H groups in total. The van der Waals surface area contributed by atoms with Gasteiger partial charge < -0.3 is 9.15 Å². The van der Waals surface area contributed by atoms with Gasteiger partial charge in [0.25, 0.3) is 0 Å². The molecule has 2 aliphatic rings. The normalized spacial score (nSPS) is 21.3. The van der Waals surface area contributed by atoms with Crippen LogP contribution in [0.2, 0.25) is 5.02 Å². The minimum absolute atomic E-state index is 0.0562. The van der Waals surface area contributed by atoms with Gasteiger partial charge in [-0.1, -0.05) is 11.6 Å². The lowest BCUT2D eigenvalue weighted by Gasteiger charge is -2.38. The largest absolute Gasteiger partial charge is 0.464 e. The molecule has 0 bridgehead atoms. The number of fused-ring (bicyclic) bond motifs is 3. The van der Waals surface area contributed by atoms with Crippen molar-refractivity contribution in [3.63, 3.8) is 0 Å². The number of hydrogen-bond acceptors (Lipinski definition) is 5. The molecule has 124 valence electrons. The fraction of sp³-hybridized carbons (Fsp3) is 0.158. The maximum absolute atomic E-state index is 6.25. The molecule has 2 atom stereocenters. The quantitative estimate of drug-likeness (QED) is 0.678. The Morgan fingerprint density at radius 2 is 2.00 bits per heavy atom. The predicted octanol–water partition coefficient (Wildman–Crippen LogP) is 4.57. The molecule has 0 saturated heterocycles. The van der Waals surface area contributed by atoms with Gasteiger partial charge in [0.05, 0.1) is 12.3 Å². The highest BCUT2D eigenvalue weighted by molar-refractivity contribution is 6.30. The van der Waals surface area contributed by atoms with Gasteiger partial charge in [0, 0.05) is 35.0 Å². The SMILES string of the molecule is Clc1ccc2c(c1)[C@@H]1CC(c3ccco3)=NN1[C@H](c1ccncc1)O2. The summed E-state index contributed by atoms with van der Waals surface area (Å²) in [7, 11) is 0. The van der Waals surface area contributed by atoms with E-state index >= 15 is 0 Å². The zero-order valence-electron chi connectivity index (χ0n) is 13.2. The van der Waals surface area contributed by atoms with Gasteiger partial charge in [-0.2, -0.15) is 5.10 Å². The third kappa shape index (κ3) is 2.39. The van der Waals surface area contributed by atoms with Gasteiger partial charge in [0.15, 0.2) is 0 Å². The molecule has 1 aromatic carbocycles. The first-order valence-corrected chi connectivity index (χ1v) is 8.43. The summed E-state index contributed by atoms with van der Waals surface area (Å²) in [5.41, 5.74) is 2.96. The summed E-state index contributed by atoms with van der Waals surface area (Å²) in [4.78, 5) is 4.09. The van der Waals surface area contributed by atoms with Crippen molar-refractivity contribution < 1.29 is 9.15 Å². The molecule has 5 rings (SSSR count). The summed E-state index contributed by atoms with van der Waals surface area (Å²) in [5.74, 6) is 1.62. The van der Waals surface area contributed by atoms with Crippen molar-refractivity contribution in [1.29, 1.82) is 0 Å². The van der Waals surface area contributed by atoms with Crippen molar-refractivity contribution >= 4 is 17.3 Å². The lowest BCUT2D eigenvalue weighted by molar-refractivity contribution is -0.0190. The molecular formula is C19H14ClN3O2. The maximum Gasteiger partial charge on any atom is 0.213 e. The molecule has 0 spiro atoms.